The molecule has 14 heavy (non-hydrogen) atoms. The molecule has 1 rings (SSSR count). The van der Waals surface area contributed by atoms with E-state index in [1.54, 1.807) is 14.1 Å². The summed E-state index contributed by atoms with van der Waals surface area (Å²) in [4.78, 5) is 5.88. The van der Waals surface area contributed by atoms with E-state index in [-0.39, 0.29) is 12.3 Å². The van der Waals surface area contributed by atoms with E-state index in [4.69, 9.17) is 5.90 Å². The highest BCUT2D eigenvalue weighted by Crippen LogP contribution is 2.25. The van der Waals surface area contributed by atoms with Gasteiger partial charge < -0.3 is 4.90 Å². The first kappa shape index (κ1) is 10.9. The lowest BCUT2D eigenvalue weighted by Crippen LogP contribution is -2.15. The van der Waals surface area contributed by atoms with Crippen molar-refractivity contribution in [3.8, 4) is 0 Å². The van der Waals surface area contributed by atoms with Crippen LogP contribution in [-0.2, 0) is 11.4 Å². The summed E-state index contributed by atoms with van der Waals surface area (Å²) in [5.74, 6) is 3.12. The standard InChI is InChI=1S/C9H12F2N2O/c1-13(2)9-6(5-14-12)3-4-7(10)8(9)11/h3-4H,5,12H2,1-2H3. The summed E-state index contributed by atoms with van der Waals surface area (Å²) in [5.41, 5.74) is 0.673. The largest absolute Gasteiger partial charge is 0.375 e. The van der Waals surface area contributed by atoms with E-state index >= 15 is 0 Å². The minimum Gasteiger partial charge on any atom is -0.375 e. The van der Waals surface area contributed by atoms with Gasteiger partial charge in [0.2, 0.25) is 0 Å². The van der Waals surface area contributed by atoms with Gasteiger partial charge >= 0.3 is 0 Å². The Morgan fingerprint density at radius 2 is 2.00 bits per heavy atom. The molecule has 3 nitrogen and oxygen atoms in total. The predicted octanol–water partition coefficient (Wildman–Crippen LogP) is 1.42. The molecule has 0 saturated carbocycles. The number of nitrogens with zero attached hydrogens (tertiary/aromatic N) is 1. The molecule has 0 aromatic heterocycles. The lowest BCUT2D eigenvalue weighted by atomic mass is 10.1. The van der Waals surface area contributed by atoms with Crippen LogP contribution in [0.5, 0.6) is 0 Å². The van der Waals surface area contributed by atoms with Crippen LogP contribution in [0, 0.1) is 11.6 Å². The van der Waals surface area contributed by atoms with E-state index in [0.29, 0.717) is 5.56 Å². The molecule has 0 bridgehead atoms. The maximum atomic E-state index is 13.3. The molecule has 0 atom stereocenters. The van der Waals surface area contributed by atoms with Gasteiger partial charge in [-0.05, 0) is 6.07 Å². The molecular weight excluding hydrogens is 190 g/mol. The number of rotatable bonds is 3. The van der Waals surface area contributed by atoms with Crippen LogP contribution in [0.2, 0.25) is 0 Å². The normalized spacial score (nSPS) is 10.4. The van der Waals surface area contributed by atoms with E-state index in [0.717, 1.165) is 6.07 Å². The number of halogens is 2. The molecule has 0 aliphatic heterocycles. The van der Waals surface area contributed by atoms with Gasteiger partial charge in [0.1, 0.15) is 0 Å². The van der Waals surface area contributed by atoms with E-state index in [9.17, 15) is 8.78 Å². The first-order valence-corrected chi connectivity index (χ1v) is 4.03. The Labute approximate surface area is 81.0 Å². The van der Waals surface area contributed by atoms with Crippen molar-refractivity contribution in [2.24, 2.45) is 5.90 Å². The van der Waals surface area contributed by atoms with Crippen molar-refractivity contribution in [3.63, 3.8) is 0 Å². The third-order valence-corrected chi connectivity index (χ3v) is 1.84. The van der Waals surface area contributed by atoms with Crippen molar-refractivity contribution in [1.82, 2.24) is 0 Å². The van der Waals surface area contributed by atoms with Crippen LogP contribution in [0.25, 0.3) is 0 Å². The first-order valence-electron chi connectivity index (χ1n) is 4.03. The van der Waals surface area contributed by atoms with Crippen molar-refractivity contribution < 1.29 is 13.6 Å². The SMILES string of the molecule is CN(C)c1c(CON)ccc(F)c1F. The molecule has 5 heteroatoms. The monoisotopic (exact) mass is 202 g/mol. The van der Waals surface area contributed by atoms with Crippen LogP contribution in [-0.4, -0.2) is 14.1 Å². The van der Waals surface area contributed by atoms with Gasteiger partial charge in [-0.3, -0.25) is 4.84 Å². The Bertz CT molecular complexity index is 329. The topological polar surface area (TPSA) is 38.5 Å². The number of hydrogen-bond donors (Lipinski definition) is 1. The number of hydrogen-bond acceptors (Lipinski definition) is 3. The van der Waals surface area contributed by atoms with Crippen molar-refractivity contribution in [2.75, 3.05) is 19.0 Å². The van der Waals surface area contributed by atoms with Gasteiger partial charge in [-0.15, -0.1) is 0 Å². The van der Waals surface area contributed by atoms with Crippen LogP contribution >= 0.6 is 0 Å². The Kier molecular flexibility index (Phi) is 3.38. The summed E-state index contributed by atoms with van der Waals surface area (Å²) >= 11 is 0. The van der Waals surface area contributed by atoms with Gasteiger partial charge in [0.05, 0.1) is 12.3 Å². The van der Waals surface area contributed by atoms with Crippen LogP contribution < -0.4 is 10.8 Å². The van der Waals surface area contributed by atoms with Gasteiger partial charge in [-0.25, -0.2) is 14.7 Å². The lowest BCUT2D eigenvalue weighted by molar-refractivity contribution is 0.124. The minimum absolute atomic E-state index is 0.0463. The van der Waals surface area contributed by atoms with E-state index in [2.05, 4.69) is 4.84 Å². The molecule has 0 aliphatic rings. The molecule has 2 N–H and O–H groups in total. The number of anilines is 1. The molecule has 0 amide bonds. The molecule has 0 heterocycles. The van der Waals surface area contributed by atoms with Crippen molar-refractivity contribution >= 4 is 5.69 Å². The highest BCUT2D eigenvalue weighted by atomic mass is 19.2. The summed E-state index contributed by atoms with van der Waals surface area (Å²) in [6.07, 6.45) is 0. The van der Waals surface area contributed by atoms with E-state index in [1.807, 2.05) is 0 Å². The van der Waals surface area contributed by atoms with Gasteiger partial charge in [0, 0.05) is 19.7 Å². The molecule has 1 aromatic rings. The van der Waals surface area contributed by atoms with Gasteiger partial charge in [0.15, 0.2) is 11.6 Å². The van der Waals surface area contributed by atoms with Crippen molar-refractivity contribution in [2.45, 2.75) is 6.61 Å². The Morgan fingerprint density at radius 3 is 2.50 bits per heavy atom. The maximum absolute atomic E-state index is 13.3. The molecule has 78 valence electrons. The Balaban J connectivity index is 3.23. The molecule has 0 radical (unpaired) electrons. The van der Waals surface area contributed by atoms with Crippen LogP contribution in [0.3, 0.4) is 0 Å². The minimum atomic E-state index is -0.885. The third kappa shape index (κ3) is 2.00. The average molecular weight is 202 g/mol. The van der Waals surface area contributed by atoms with Gasteiger partial charge in [-0.2, -0.15) is 0 Å². The van der Waals surface area contributed by atoms with Crippen LogP contribution in [0.15, 0.2) is 12.1 Å². The second-order valence-corrected chi connectivity index (χ2v) is 3.07. The maximum Gasteiger partial charge on any atom is 0.182 e. The second-order valence-electron chi connectivity index (χ2n) is 3.07. The second kappa shape index (κ2) is 4.34. The van der Waals surface area contributed by atoms with Gasteiger partial charge in [0.25, 0.3) is 0 Å². The highest BCUT2D eigenvalue weighted by Gasteiger charge is 2.14. The van der Waals surface area contributed by atoms with Crippen molar-refractivity contribution in [3.05, 3.63) is 29.3 Å². The number of nitrogens with two attached hydrogens (primary N) is 1. The van der Waals surface area contributed by atoms with Crippen molar-refractivity contribution in [1.29, 1.82) is 0 Å². The molecular formula is C9H12F2N2O. The fraction of sp³-hybridized carbons (Fsp3) is 0.333. The molecule has 1 aromatic carbocycles. The van der Waals surface area contributed by atoms with Crippen LogP contribution in [0.1, 0.15) is 5.56 Å². The molecule has 0 aliphatic carbocycles. The summed E-state index contributed by atoms with van der Waals surface area (Å²) in [7, 11) is 3.25. The zero-order chi connectivity index (χ0) is 10.7. The van der Waals surface area contributed by atoms with E-state index in [1.165, 1.54) is 11.0 Å². The van der Waals surface area contributed by atoms with Gasteiger partial charge in [-0.1, -0.05) is 6.07 Å². The zero-order valence-electron chi connectivity index (χ0n) is 8.05. The fourth-order valence-corrected chi connectivity index (χ4v) is 1.27. The Morgan fingerprint density at radius 1 is 1.36 bits per heavy atom. The Hall–Kier alpha value is -1.20. The van der Waals surface area contributed by atoms with E-state index < -0.39 is 11.6 Å². The van der Waals surface area contributed by atoms with Crippen LogP contribution in [0.4, 0.5) is 14.5 Å². The first-order chi connectivity index (χ1) is 6.57. The third-order valence-electron chi connectivity index (χ3n) is 1.84. The summed E-state index contributed by atoms with van der Waals surface area (Å²) < 4.78 is 26.2. The quantitative estimate of drug-likeness (QED) is 0.753. The fourth-order valence-electron chi connectivity index (χ4n) is 1.27. The average Bonchev–Trinajstić information content (AvgIpc) is 2.11. The molecule has 0 fully saturated rings. The molecule has 0 spiro atoms. The summed E-state index contributed by atoms with van der Waals surface area (Å²) in [6.45, 7) is 0.0463. The predicted molar refractivity (Wildman–Crippen MR) is 49.7 cm³/mol. The molecule has 0 unspecified atom stereocenters. The summed E-state index contributed by atoms with van der Waals surface area (Å²) in [5, 5.41) is 0. The highest BCUT2D eigenvalue weighted by molar-refractivity contribution is 5.53. The zero-order valence-corrected chi connectivity index (χ0v) is 8.05. The number of benzene rings is 1. The summed E-state index contributed by atoms with van der Waals surface area (Å²) in [6, 6.07) is 2.50. The lowest BCUT2D eigenvalue weighted by Gasteiger charge is -2.17. The smallest absolute Gasteiger partial charge is 0.182 e. The molecule has 0 saturated heterocycles.